The fraction of sp³-hybridized carbons (Fsp3) is 0.423. The summed E-state index contributed by atoms with van der Waals surface area (Å²) in [5, 5.41) is 0.378. The normalized spacial score (nSPS) is 23.6. The summed E-state index contributed by atoms with van der Waals surface area (Å²) in [6, 6.07) is 16.8. The second kappa shape index (κ2) is 10.3. The minimum atomic E-state index is -1.33. The number of ether oxygens (including phenoxy) is 1. The number of imide groups is 1. The monoisotopic (exact) mass is 483 g/mol. The molecule has 0 aliphatic carbocycles. The molecule has 0 N–H and O–H groups in total. The Morgan fingerprint density at radius 1 is 1.09 bits per heavy atom. The molecule has 0 saturated carbocycles. The number of rotatable bonds is 7. The summed E-state index contributed by atoms with van der Waals surface area (Å²) in [7, 11) is 3.56. The van der Waals surface area contributed by atoms with Gasteiger partial charge in [-0.25, -0.2) is 0 Å². The third-order valence-electron chi connectivity index (χ3n) is 6.86. The van der Waals surface area contributed by atoms with E-state index in [1.807, 2.05) is 42.3 Å². The fourth-order valence-corrected chi connectivity index (χ4v) is 5.36. The molecule has 0 unspecified atom stereocenters. The first-order chi connectivity index (χ1) is 16.4. The van der Waals surface area contributed by atoms with Crippen molar-refractivity contribution in [2.45, 2.75) is 24.3 Å². The van der Waals surface area contributed by atoms with Gasteiger partial charge in [0.25, 0.3) is 0 Å². The van der Waals surface area contributed by atoms with Gasteiger partial charge in [0, 0.05) is 44.6 Å². The second-order valence-corrected chi connectivity index (χ2v) is 9.44. The van der Waals surface area contributed by atoms with Crippen LogP contribution in [0.4, 0.5) is 0 Å². The van der Waals surface area contributed by atoms with Crippen LogP contribution in [-0.4, -0.2) is 79.4 Å². The molecule has 0 radical (unpaired) electrons. The maximum absolute atomic E-state index is 13.9. The van der Waals surface area contributed by atoms with Gasteiger partial charge >= 0.3 is 0 Å². The van der Waals surface area contributed by atoms with Crippen molar-refractivity contribution in [3.8, 4) is 0 Å². The first-order valence-electron chi connectivity index (χ1n) is 11.5. The summed E-state index contributed by atoms with van der Waals surface area (Å²) in [6.45, 7) is 2.36. The Balaban J connectivity index is 1.69. The van der Waals surface area contributed by atoms with E-state index in [9.17, 15) is 14.4 Å². The summed E-state index contributed by atoms with van der Waals surface area (Å²) in [5.74, 6) is -0.856. The van der Waals surface area contributed by atoms with Gasteiger partial charge in [-0.3, -0.25) is 19.3 Å². The Bertz CT molecular complexity index is 1060. The number of methoxy groups -OCH3 is 1. The molecular weight excluding hydrogens is 454 g/mol. The lowest BCUT2D eigenvalue weighted by Crippen LogP contribution is -2.51. The molecule has 2 aliphatic heterocycles. The van der Waals surface area contributed by atoms with Crippen LogP contribution in [0, 0.1) is 0 Å². The zero-order valence-corrected chi connectivity index (χ0v) is 20.3. The maximum Gasteiger partial charge on any atom is 0.241 e. The van der Waals surface area contributed by atoms with E-state index in [2.05, 4.69) is 4.90 Å². The van der Waals surface area contributed by atoms with Gasteiger partial charge in [0.1, 0.15) is 0 Å². The van der Waals surface area contributed by atoms with Gasteiger partial charge < -0.3 is 14.5 Å². The van der Waals surface area contributed by atoms with Gasteiger partial charge in [-0.05, 0) is 24.2 Å². The molecule has 8 heteroatoms. The molecule has 0 bridgehead atoms. The van der Waals surface area contributed by atoms with Crippen molar-refractivity contribution in [1.29, 1.82) is 0 Å². The summed E-state index contributed by atoms with van der Waals surface area (Å²) in [4.78, 5) is 45.8. The lowest BCUT2D eigenvalue weighted by atomic mass is 9.75. The van der Waals surface area contributed by atoms with Crippen molar-refractivity contribution in [2.24, 2.45) is 0 Å². The quantitative estimate of drug-likeness (QED) is 0.566. The number of amides is 3. The predicted molar refractivity (Wildman–Crippen MR) is 129 cm³/mol. The molecule has 180 valence electrons. The summed E-state index contributed by atoms with van der Waals surface area (Å²) in [6.07, 6.45) is -0.202. The van der Waals surface area contributed by atoms with Gasteiger partial charge in [0.05, 0.1) is 24.6 Å². The first-order valence-corrected chi connectivity index (χ1v) is 11.9. The van der Waals surface area contributed by atoms with Crippen LogP contribution in [0.5, 0.6) is 0 Å². The fourth-order valence-electron chi connectivity index (χ4n) is 5.04. The van der Waals surface area contributed by atoms with Crippen molar-refractivity contribution >= 4 is 29.3 Å². The smallest absolute Gasteiger partial charge is 0.241 e. The zero-order chi connectivity index (χ0) is 24.3. The molecule has 0 aromatic heterocycles. The van der Waals surface area contributed by atoms with Crippen molar-refractivity contribution in [3.05, 3.63) is 70.7 Å². The number of benzene rings is 2. The van der Waals surface area contributed by atoms with Gasteiger partial charge in [-0.15, -0.1) is 0 Å². The van der Waals surface area contributed by atoms with Crippen LogP contribution in [0.1, 0.15) is 30.0 Å². The molecule has 3 amide bonds. The molecule has 34 heavy (non-hydrogen) atoms. The zero-order valence-electron chi connectivity index (χ0n) is 19.6. The molecule has 2 saturated heterocycles. The van der Waals surface area contributed by atoms with Crippen LogP contribution in [-0.2, 0) is 24.5 Å². The van der Waals surface area contributed by atoms with Gasteiger partial charge in [0.2, 0.25) is 17.7 Å². The largest absolute Gasteiger partial charge is 0.383 e. The van der Waals surface area contributed by atoms with E-state index in [0.717, 1.165) is 12.1 Å². The number of carbonyl (C=O) groups is 3. The average molecular weight is 484 g/mol. The van der Waals surface area contributed by atoms with Crippen LogP contribution in [0.3, 0.4) is 0 Å². The minimum absolute atomic E-state index is 0.0885. The number of hydrogen-bond acceptors (Lipinski definition) is 5. The molecular formula is C26H30ClN3O4. The van der Waals surface area contributed by atoms with Crippen LogP contribution in [0.25, 0.3) is 0 Å². The van der Waals surface area contributed by atoms with Crippen LogP contribution in [0.15, 0.2) is 54.6 Å². The number of nitrogens with zero attached hydrogens (tertiary/aromatic N) is 3. The Hall–Kier alpha value is -2.74. The molecule has 7 nitrogen and oxygen atoms in total. The second-order valence-electron chi connectivity index (χ2n) is 9.03. The molecule has 2 fully saturated rings. The lowest BCUT2D eigenvalue weighted by Gasteiger charge is -2.41. The molecule has 2 atom stereocenters. The standard InChI is InChI=1S/C26H30ClN3O4/c1-28-12-13-29(22(18-28)19-8-4-3-5-9-19)23(31)16-26(20-10-6-7-11-21(20)27)17-24(32)30(25(26)33)14-15-34-2/h3-11,22H,12-18H2,1-2H3/t22-,26+/m1/s1. The van der Waals surface area contributed by atoms with E-state index in [1.54, 1.807) is 24.3 Å². The minimum Gasteiger partial charge on any atom is -0.383 e. The van der Waals surface area contributed by atoms with Crippen molar-refractivity contribution in [2.75, 3.05) is 46.9 Å². The van der Waals surface area contributed by atoms with E-state index in [1.165, 1.54) is 12.0 Å². The van der Waals surface area contributed by atoms with Crippen molar-refractivity contribution in [3.63, 3.8) is 0 Å². The molecule has 2 aliphatic rings. The SMILES string of the molecule is COCCN1C(=O)C[C@@](CC(=O)N2CCN(C)C[C@@H]2c2ccccc2)(c2ccccc2Cl)C1=O. The number of carbonyl (C=O) groups excluding carboxylic acids is 3. The van der Waals surface area contributed by atoms with Crippen molar-refractivity contribution < 1.29 is 19.1 Å². The van der Waals surface area contributed by atoms with Crippen LogP contribution < -0.4 is 0 Å². The third kappa shape index (κ3) is 4.60. The summed E-state index contributed by atoms with van der Waals surface area (Å²) in [5.41, 5.74) is 0.239. The highest BCUT2D eigenvalue weighted by molar-refractivity contribution is 6.32. The Kier molecular flexibility index (Phi) is 7.36. The topological polar surface area (TPSA) is 70.2 Å². The average Bonchev–Trinajstić information content (AvgIpc) is 3.07. The first kappa shape index (κ1) is 24.4. The van der Waals surface area contributed by atoms with Gasteiger partial charge in [-0.2, -0.15) is 0 Å². The Morgan fingerprint density at radius 3 is 2.50 bits per heavy atom. The Morgan fingerprint density at radius 2 is 1.79 bits per heavy atom. The predicted octanol–water partition coefficient (Wildman–Crippen LogP) is 2.89. The van der Waals surface area contributed by atoms with E-state index < -0.39 is 5.41 Å². The number of hydrogen-bond donors (Lipinski definition) is 0. The number of likely N-dealkylation sites (tertiary alicyclic amines) is 1. The van der Waals surface area contributed by atoms with Gasteiger partial charge in [-0.1, -0.05) is 60.1 Å². The highest BCUT2D eigenvalue weighted by atomic mass is 35.5. The van der Waals surface area contributed by atoms with Crippen LogP contribution >= 0.6 is 11.6 Å². The molecule has 2 heterocycles. The lowest BCUT2D eigenvalue weighted by molar-refractivity contribution is -0.144. The summed E-state index contributed by atoms with van der Waals surface area (Å²) < 4.78 is 5.10. The van der Waals surface area contributed by atoms with E-state index in [4.69, 9.17) is 16.3 Å². The van der Waals surface area contributed by atoms with Crippen LogP contribution in [0.2, 0.25) is 5.02 Å². The summed E-state index contributed by atoms with van der Waals surface area (Å²) >= 11 is 6.53. The molecule has 2 aromatic rings. The third-order valence-corrected chi connectivity index (χ3v) is 7.19. The highest BCUT2D eigenvalue weighted by Crippen LogP contribution is 2.43. The number of likely N-dealkylation sites (N-methyl/N-ethyl adjacent to an activating group) is 1. The maximum atomic E-state index is 13.9. The van der Waals surface area contributed by atoms with E-state index in [-0.39, 0.29) is 49.8 Å². The van der Waals surface area contributed by atoms with E-state index in [0.29, 0.717) is 23.7 Å². The highest BCUT2D eigenvalue weighted by Gasteiger charge is 2.55. The number of halogens is 1. The Labute approximate surface area is 205 Å². The van der Waals surface area contributed by atoms with E-state index >= 15 is 0 Å². The number of piperazine rings is 1. The molecule has 2 aromatic carbocycles. The molecule has 4 rings (SSSR count). The molecule has 0 spiro atoms. The van der Waals surface area contributed by atoms with Gasteiger partial charge in [0.15, 0.2) is 0 Å². The van der Waals surface area contributed by atoms with Crippen molar-refractivity contribution in [1.82, 2.24) is 14.7 Å².